The van der Waals surface area contributed by atoms with Gasteiger partial charge in [0.15, 0.2) is 0 Å². The Morgan fingerprint density at radius 3 is 2.79 bits per heavy atom. The standard InChI is InChI=1S/C11H11Br2N3O2S/c12-9-1-2-10(13)11(7-9)19(17,18)15-4-6-16-5-3-14-8-16/h1-3,5,7-8,15H,4,6H2. The van der Waals surface area contributed by atoms with Gasteiger partial charge in [0.2, 0.25) is 10.0 Å². The van der Waals surface area contributed by atoms with Crippen LogP contribution in [0, 0.1) is 0 Å². The Morgan fingerprint density at radius 1 is 1.32 bits per heavy atom. The minimum atomic E-state index is -3.53. The molecule has 0 unspecified atom stereocenters. The van der Waals surface area contributed by atoms with Crippen LogP contribution in [0.3, 0.4) is 0 Å². The van der Waals surface area contributed by atoms with Crippen molar-refractivity contribution in [1.82, 2.24) is 14.3 Å². The second-order valence-corrected chi connectivity index (χ2v) is 7.28. The molecular weight excluding hydrogens is 398 g/mol. The SMILES string of the molecule is O=S(=O)(NCCn1ccnc1)c1cc(Br)ccc1Br. The lowest BCUT2D eigenvalue weighted by molar-refractivity contribution is 0.572. The largest absolute Gasteiger partial charge is 0.336 e. The molecule has 0 saturated heterocycles. The van der Waals surface area contributed by atoms with Crippen LogP contribution in [0.5, 0.6) is 0 Å². The average Bonchev–Trinajstić information content (AvgIpc) is 2.85. The fourth-order valence-electron chi connectivity index (χ4n) is 1.49. The lowest BCUT2D eigenvalue weighted by Crippen LogP contribution is -2.27. The summed E-state index contributed by atoms with van der Waals surface area (Å²) >= 11 is 6.50. The van der Waals surface area contributed by atoms with Crippen molar-refractivity contribution in [2.24, 2.45) is 0 Å². The molecule has 0 spiro atoms. The number of sulfonamides is 1. The molecule has 2 aromatic rings. The zero-order chi connectivity index (χ0) is 13.9. The van der Waals surface area contributed by atoms with Gasteiger partial charge in [0.25, 0.3) is 0 Å². The van der Waals surface area contributed by atoms with Gasteiger partial charge in [-0.05, 0) is 34.1 Å². The van der Waals surface area contributed by atoms with E-state index in [2.05, 4.69) is 41.6 Å². The zero-order valence-corrected chi connectivity index (χ0v) is 13.7. The van der Waals surface area contributed by atoms with Gasteiger partial charge in [-0.1, -0.05) is 15.9 Å². The number of halogens is 2. The van der Waals surface area contributed by atoms with Gasteiger partial charge in [0, 0.05) is 34.4 Å². The summed E-state index contributed by atoms with van der Waals surface area (Å²) in [5, 5.41) is 0. The van der Waals surface area contributed by atoms with Gasteiger partial charge in [-0.15, -0.1) is 0 Å². The van der Waals surface area contributed by atoms with E-state index in [4.69, 9.17) is 0 Å². The van der Waals surface area contributed by atoms with Crippen molar-refractivity contribution < 1.29 is 8.42 Å². The van der Waals surface area contributed by atoms with Gasteiger partial charge in [0.05, 0.1) is 11.2 Å². The molecule has 8 heteroatoms. The number of hydrogen-bond donors (Lipinski definition) is 1. The summed E-state index contributed by atoms with van der Waals surface area (Å²) < 4.78 is 29.9. The third kappa shape index (κ3) is 3.88. The van der Waals surface area contributed by atoms with Crippen LogP contribution in [-0.2, 0) is 16.6 Å². The van der Waals surface area contributed by atoms with E-state index in [1.807, 2.05) is 0 Å². The van der Waals surface area contributed by atoms with Gasteiger partial charge in [-0.25, -0.2) is 18.1 Å². The molecule has 19 heavy (non-hydrogen) atoms. The zero-order valence-electron chi connectivity index (χ0n) is 9.75. The second kappa shape index (κ2) is 6.17. The first-order valence-electron chi connectivity index (χ1n) is 5.39. The first-order valence-corrected chi connectivity index (χ1v) is 8.46. The van der Waals surface area contributed by atoms with E-state index in [9.17, 15) is 8.42 Å². The van der Waals surface area contributed by atoms with Crippen LogP contribution in [-0.4, -0.2) is 24.5 Å². The van der Waals surface area contributed by atoms with E-state index in [1.54, 1.807) is 41.5 Å². The van der Waals surface area contributed by atoms with Gasteiger partial charge in [-0.3, -0.25) is 0 Å². The number of aromatic nitrogens is 2. The number of rotatable bonds is 5. The maximum absolute atomic E-state index is 12.1. The van der Waals surface area contributed by atoms with Crippen LogP contribution >= 0.6 is 31.9 Å². The predicted octanol–water partition coefficient (Wildman–Crippen LogP) is 2.39. The molecule has 0 aliphatic rings. The summed E-state index contributed by atoms with van der Waals surface area (Å²) in [6.45, 7) is 0.836. The molecule has 0 aliphatic heterocycles. The molecule has 0 atom stereocenters. The third-order valence-corrected chi connectivity index (χ3v) is 5.35. The molecule has 102 valence electrons. The molecule has 1 aromatic carbocycles. The summed E-state index contributed by atoms with van der Waals surface area (Å²) in [6.07, 6.45) is 5.08. The maximum atomic E-state index is 12.1. The molecule has 2 rings (SSSR count). The Labute approximate surface area is 128 Å². The minimum absolute atomic E-state index is 0.215. The molecule has 5 nitrogen and oxygen atoms in total. The normalized spacial score (nSPS) is 11.7. The Balaban J connectivity index is 2.07. The minimum Gasteiger partial charge on any atom is -0.336 e. The van der Waals surface area contributed by atoms with Crippen molar-refractivity contribution >= 4 is 41.9 Å². The molecule has 0 aliphatic carbocycles. The Kier molecular flexibility index (Phi) is 4.77. The number of nitrogens with one attached hydrogen (secondary N) is 1. The molecule has 1 heterocycles. The first-order chi connectivity index (χ1) is 8.99. The van der Waals surface area contributed by atoms with Crippen molar-refractivity contribution in [3.05, 3.63) is 45.9 Å². The molecule has 0 saturated carbocycles. The summed E-state index contributed by atoms with van der Waals surface area (Å²) in [7, 11) is -3.53. The summed E-state index contributed by atoms with van der Waals surface area (Å²) in [4.78, 5) is 4.11. The smallest absolute Gasteiger partial charge is 0.241 e. The summed E-state index contributed by atoms with van der Waals surface area (Å²) in [6, 6.07) is 5.02. The van der Waals surface area contributed by atoms with Crippen molar-refractivity contribution in [2.75, 3.05) is 6.54 Å². The number of hydrogen-bond acceptors (Lipinski definition) is 3. The molecule has 0 bridgehead atoms. The number of benzene rings is 1. The van der Waals surface area contributed by atoms with Crippen molar-refractivity contribution in [2.45, 2.75) is 11.4 Å². The molecule has 0 radical (unpaired) electrons. The molecule has 0 fully saturated rings. The lowest BCUT2D eigenvalue weighted by Gasteiger charge is -2.09. The average molecular weight is 409 g/mol. The van der Waals surface area contributed by atoms with E-state index in [0.29, 0.717) is 22.0 Å². The lowest BCUT2D eigenvalue weighted by atomic mass is 10.4. The van der Waals surface area contributed by atoms with E-state index >= 15 is 0 Å². The third-order valence-electron chi connectivity index (χ3n) is 2.40. The van der Waals surface area contributed by atoms with Crippen molar-refractivity contribution in [3.63, 3.8) is 0 Å². The molecular formula is C11H11Br2N3O2S. The van der Waals surface area contributed by atoms with Crippen LogP contribution < -0.4 is 4.72 Å². The van der Waals surface area contributed by atoms with Gasteiger partial charge >= 0.3 is 0 Å². The highest BCUT2D eigenvalue weighted by atomic mass is 79.9. The van der Waals surface area contributed by atoms with Crippen LogP contribution in [0.4, 0.5) is 0 Å². The highest BCUT2D eigenvalue weighted by Crippen LogP contribution is 2.25. The number of nitrogens with zero attached hydrogens (tertiary/aromatic N) is 2. The monoisotopic (exact) mass is 407 g/mol. The molecule has 0 amide bonds. The van der Waals surface area contributed by atoms with E-state index in [0.717, 1.165) is 0 Å². The fraction of sp³-hybridized carbons (Fsp3) is 0.182. The second-order valence-electron chi connectivity index (χ2n) is 3.77. The van der Waals surface area contributed by atoms with Crippen LogP contribution in [0.1, 0.15) is 0 Å². The van der Waals surface area contributed by atoms with Crippen LogP contribution in [0.2, 0.25) is 0 Å². The van der Waals surface area contributed by atoms with E-state index in [-0.39, 0.29) is 4.90 Å². The van der Waals surface area contributed by atoms with Crippen LogP contribution in [0.25, 0.3) is 0 Å². The van der Waals surface area contributed by atoms with E-state index in [1.165, 1.54) is 0 Å². The Bertz CT molecular complexity index is 657. The summed E-state index contributed by atoms with van der Waals surface area (Å²) in [5.41, 5.74) is 0. The van der Waals surface area contributed by atoms with Crippen molar-refractivity contribution in [1.29, 1.82) is 0 Å². The Morgan fingerprint density at radius 2 is 2.11 bits per heavy atom. The molecule has 1 aromatic heterocycles. The quantitative estimate of drug-likeness (QED) is 0.825. The highest BCUT2D eigenvalue weighted by molar-refractivity contribution is 9.11. The van der Waals surface area contributed by atoms with Gasteiger partial charge in [0.1, 0.15) is 0 Å². The summed E-state index contributed by atoms with van der Waals surface area (Å²) in [5.74, 6) is 0. The first kappa shape index (κ1) is 14.7. The Hall–Kier alpha value is -0.700. The fourth-order valence-corrected chi connectivity index (χ4v) is 4.01. The maximum Gasteiger partial charge on any atom is 0.241 e. The topological polar surface area (TPSA) is 64.0 Å². The van der Waals surface area contributed by atoms with Crippen molar-refractivity contribution in [3.8, 4) is 0 Å². The van der Waals surface area contributed by atoms with Gasteiger partial charge < -0.3 is 4.57 Å². The molecule has 1 N–H and O–H groups in total. The van der Waals surface area contributed by atoms with Crippen LogP contribution in [0.15, 0.2) is 50.8 Å². The van der Waals surface area contributed by atoms with E-state index < -0.39 is 10.0 Å². The number of imidazole rings is 1. The predicted molar refractivity (Wildman–Crippen MR) is 79.3 cm³/mol. The highest BCUT2D eigenvalue weighted by Gasteiger charge is 2.17. The van der Waals surface area contributed by atoms with Gasteiger partial charge in [-0.2, -0.15) is 0 Å².